The normalized spacial score (nSPS) is 11.1. The van der Waals surface area contributed by atoms with E-state index in [0.717, 1.165) is 6.07 Å². The summed E-state index contributed by atoms with van der Waals surface area (Å²) >= 11 is 0. The number of hydrogen-bond acceptors (Lipinski definition) is 6. The zero-order chi connectivity index (χ0) is 16.0. The summed E-state index contributed by atoms with van der Waals surface area (Å²) in [4.78, 5) is 21.0. The van der Waals surface area contributed by atoms with Gasteiger partial charge in [0.2, 0.25) is 10.0 Å². The van der Waals surface area contributed by atoms with Crippen molar-refractivity contribution in [2.75, 3.05) is 13.2 Å². The number of ether oxygens (including phenoxy) is 1. The van der Waals surface area contributed by atoms with Gasteiger partial charge in [0.05, 0.1) is 22.8 Å². The molecule has 0 saturated heterocycles. The van der Waals surface area contributed by atoms with Crippen LogP contribution >= 0.6 is 0 Å². The van der Waals surface area contributed by atoms with Crippen LogP contribution in [0.1, 0.15) is 18.9 Å². The molecular formula is C12H16N2O6S. The molecule has 0 radical (unpaired) electrons. The van der Waals surface area contributed by atoms with E-state index in [4.69, 9.17) is 0 Å². The number of nitrogens with one attached hydrogen (secondary N) is 1. The molecule has 21 heavy (non-hydrogen) atoms. The van der Waals surface area contributed by atoms with Crippen molar-refractivity contribution < 1.29 is 22.9 Å². The van der Waals surface area contributed by atoms with Gasteiger partial charge in [-0.05, 0) is 19.4 Å². The number of hydrogen-bond donors (Lipinski definition) is 1. The second-order valence-corrected chi connectivity index (χ2v) is 5.90. The predicted molar refractivity (Wildman–Crippen MR) is 74.3 cm³/mol. The van der Waals surface area contributed by atoms with E-state index in [2.05, 4.69) is 9.46 Å². The highest BCUT2D eigenvalue weighted by atomic mass is 32.2. The largest absolute Gasteiger partial charge is 0.466 e. The van der Waals surface area contributed by atoms with Crippen LogP contribution in [0, 0.1) is 17.0 Å². The molecule has 0 spiro atoms. The first-order chi connectivity index (χ1) is 9.77. The number of carbonyl (C=O) groups is 1. The lowest BCUT2D eigenvalue weighted by Gasteiger charge is -2.09. The van der Waals surface area contributed by atoms with Gasteiger partial charge in [-0.1, -0.05) is 6.07 Å². The Morgan fingerprint density at radius 2 is 2.10 bits per heavy atom. The monoisotopic (exact) mass is 316 g/mol. The molecule has 0 amide bonds. The van der Waals surface area contributed by atoms with E-state index >= 15 is 0 Å². The number of carbonyl (C=O) groups excluding carboxylic acids is 1. The Morgan fingerprint density at radius 3 is 2.67 bits per heavy atom. The van der Waals surface area contributed by atoms with Crippen molar-refractivity contribution >= 4 is 21.7 Å². The summed E-state index contributed by atoms with van der Waals surface area (Å²) in [5, 5.41) is 10.7. The van der Waals surface area contributed by atoms with Crippen LogP contribution in [0.2, 0.25) is 0 Å². The molecule has 8 nitrogen and oxygen atoms in total. The maximum Gasteiger partial charge on any atom is 0.307 e. The second-order valence-electron chi connectivity index (χ2n) is 4.16. The van der Waals surface area contributed by atoms with E-state index in [1.54, 1.807) is 6.92 Å². The third-order valence-corrected chi connectivity index (χ3v) is 4.20. The lowest BCUT2D eigenvalue weighted by atomic mass is 10.2. The summed E-state index contributed by atoms with van der Waals surface area (Å²) in [7, 11) is -3.92. The van der Waals surface area contributed by atoms with Crippen LogP contribution in [0.3, 0.4) is 0 Å². The van der Waals surface area contributed by atoms with Crippen LogP contribution in [0.5, 0.6) is 0 Å². The Hall–Kier alpha value is -2.00. The fourth-order valence-electron chi connectivity index (χ4n) is 1.59. The van der Waals surface area contributed by atoms with E-state index in [9.17, 15) is 23.3 Å². The topological polar surface area (TPSA) is 116 Å². The van der Waals surface area contributed by atoms with Crippen molar-refractivity contribution in [2.24, 2.45) is 0 Å². The molecule has 0 aliphatic rings. The van der Waals surface area contributed by atoms with E-state index in [1.807, 2.05) is 0 Å². The minimum absolute atomic E-state index is 0.110. The highest BCUT2D eigenvalue weighted by Crippen LogP contribution is 2.21. The Morgan fingerprint density at radius 1 is 1.43 bits per heavy atom. The number of non-ortho nitro benzene ring substituents is 1. The van der Waals surface area contributed by atoms with Crippen molar-refractivity contribution in [2.45, 2.75) is 25.2 Å². The molecule has 0 bridgehead atoms. The first-order valence-corrected chi connectivity index (χ1v) is 7.66. The third kappa shape index (κ3) is 4.80. The van der Waals surface area contributed by atoms with E-state index in [-0.39, 0.29) is 30.2 Å². The van der Waals surface area contributed by atoms with Crippen molar-refractivity contribution in [3.8, 4) is 0 Å². The van der Waals surface area contributed by atoms with Gasteiger partial charge in [-0.2, -0.15) is 0 Å². The van der Waals surface area contributed by atoms with Crippen molar-refractivity contribution in [3.63, 3.8) is 0 Å². The summed E-state index contributed by atoms with van der Waals surface area (Å²) in [6.45, 7) is 3.26. The second kappa shape index (κ2) is 7.14. The number of benzene rings is 1. The molecular weight excluding hydrogens is 300 g/mol. The number of rotatable bonds is 7. The molecule has 0 atom stereocenters. The van der Waals surface area contributed by atoms with Crippen LogP contribution in [-0.2, 0) is 19.6 Å². The van der Waals surface area contributed by atoms with E-state index in [0.29, 0.717) is 5.56 Å². The molecule has 1 aromatic rings. The average molecular weight is 316 g/mol. The average Bonchev–Trinajstić information content (AvgIpc) is 2.38. The van der Waals surface area contributed by atoms with Crippen LogP contribution in [0.15, 0.2) is 23.1 Å². The highest BCUT2D eigenvalue weighted by molar-refractivity contribution is 7.89. The zero-order valence-electron chi connectivity index (χ0n) is 11.7. The van der Waals surface area contributed by atoms with Gasteiger partial charge in [-0.3, -0.25) is 14.9 Å². The summed E-state index contributed by atoms with van der Waals surface area (Å²) < 4.78 is 31.1. The molecule has 0 heterocycles. The summed E-state index contributed by atoms with van der Waals surface area (Å²) in [6, 6.07) is 3.58. The fourth-order valence-corrected chi connectivity index (χ4v) is 2.88. The fraction of sp³-hybridized carbons (Fsp3) is 0.417. The number of sulfonamides is 1. The van der Waals surface area contributed by atoms with Gasteiger partial charge in [0, 0.05) is 18.7 Å². The Labute approximate surface area is 122 Å². The number of nitrogens with zero attached hydrogens (tertiary/aromatic N) is 1. The Kier molecular flexibility index (Phi) is 5.79. The van der Waals surface area contributed by atoms with Gasteiger partial charge in [-0.15, -0.1) is 0 Å². The number of aryl methyl sites for hydroxylation is 1. The van der Waals surface area contributed by atoms with Crippen LogP contribution in [0.25, 0.3) is 0 Å². The van der Waals surface area contributed by atoms with Gasteiger partial charge in [0.25, 0.3) is 5.69 Å². The van der Waals surface area contributed by atoms with E-state index in [1.165, 1.54) is 19.1 Å². The Balaban J connectivity index is 2.85. The summed E-state index contributed by atoms with van der Waals surface area (Å²) in [5.74, 6) is -0.518. The van der Waals surface area contributed by atoms with Gasteiger partial charge in [0.15, 0.2) is 0 Å². The molecule has 9 heteroatoms. The van der Waals surface area contributed by atoms with Crippen LogP contribution in [0.4, 0.5) is 5.69 Å². The Bertz CT molecular complexity index is 641. The zero-order valence-corrected chi connectivity index (χ0v) is 12.5. The number of esters is 1. The predicted octanol–water partition coefficient (Wildman–Crippen LogP) is 1.13. The number of nitro groups is 1. The third-order valence-electron chi connectivity index (χ3n) is 2.60. The van der Waals surface area contributed by atoms with Crippen molar-refractivity contribution in [1.82, 2.24) is 4.72 Å². The maximum absolute atomic E-state index is 12.1. The SMILES string of the molecule is CCOC(=O)CCNS(=O)(=O)c1cc([N+](=O)[O-])ccc1C. The molecule has 0 aliphatic carbocycles. The molecule has 0 aliphatic heterocycles. The molecule has 1 rings (SSSR count). The van der Waals surface area contributed by atoms with Crippen LogP contribution in [-0.4, -0.2) is 32.5 Å². The lowest BCUT2D eigenvalue weighted by Crippen LogP contribution is -2.27. The smallest absolute Gasteiger partial charge is 0.307 e. The minimum Gasteiger partial charge on any atom is -0.466 e. The molecule has 0 unspecified atom stereocenters. The van der Waals surface area contributed by atoms with Crippen LogP contribution < -0.4 is 4.72 Å². The minimum atomic E-state index is -3.92. The van der Waals surface area contributed by atoms with Gasteiger partial charge >= 0.3 is 5.97 Å². The molecule has 0 aromatic heterocycles. The highest BCUT2D eigenvalue weighted by Gasteiger charge is 2.20. The summed E-state index contributed by atoms with van der Waals surface area (Å²) in [5.41, 5.74) is 0.0654. The summed E-state index contributed by atoms with van der Waals surface area (Å²) in [6.07, 6.45) is -0.110. The van der Waals surface area contributed by atoms with E-state index < -0.39 is 20.9 Å². The van der Waals surface area contributed by atoms with Gasteiger partial charge in [-0.25, -0.2) is 13.1 Å². The van der Waals surface area contributed by atoms with Gasteiger partial charge in [0.1, 0.15) is 0 Å². The van der Waals surface area contributed by atoms with Crippen molar-refractivity contribution in [1.29, 1.82) is 0 Å². The standard InChI is InChI=1S/C12H16N2O6S/c1-3-20-12(15)6-7-13-21(18,19)11-8-10(14(16)17)5-4-9(11)2/h4-5,8,13H,3,6-7H2,1-2H3. The first-order valence-electron chi connectivity index (χ1n) is 6.18. The molecule has 1 aromatic carbocycles. The molecule has 0 saturated carbocycles. The lowest BCUT2D eigenvalue weighted by molar-refractivity contribution is -0.385. The number of nitro benzene ring substituents is 1. The van der Waals surface area contributed by atoms with Crippen molar-refractivity contribution in [3.05, 3.63) is 33.9 Å². The molecule has 0 fully saturated rings. The molecule has 1 N–H and O–H groups in total. The quantitative estimate of drug-likeness (QED) is 0.458. The first kappa shape index (κ1) is 17.1. The molecule has 116 valence electrons. The van der Waals surface area contributed by atoms with Gasteiger partial charge < -0.3 is 4.74 Å². The maximum atomic E-state index is 12.1.